The third-order valence-corrected chi connectivity index (χ3v) is 5.34. The summed E-state index contributed by atoms with van der Waals surface area (Å²) in [6.07, 6.45) is 0. The van der Waals surface area contributed by atoms with Gasteiger partial charge in [-0.05, 0) is 81.6 Å². The van der Waals surface area contributed by atoms with Gasteiger partial charge in [0.1, 0.15) is 0 Å². The summed E-state index contributed by atoms with van der Waals surface area (Å²) in [7, 11) is 0. The van der Waals surface area contributed by atoms with E-state index in [4.69, 9.17) is 0 Å². The summed E-state index contributed by atoms with van der Waals surface area (Å²) in [6.45, 7) is 2.28. The Morgan fingerprint density at radius 3 is 1.42 bits per heavy atom. The number of hydrogen-bond donors (Lipinski definition) is 0. The predicted octanol–water partition coefficient (Wildman–Crippen LogP) is 3.49. The number of halogens is 2. The zero-order chi connectivity index (χ0) is 17.1. The van der Waals surface area contributed by atoms with Crippen molar-refractivity contribution < 1.29 is 9.59 Å². The molecule has 0 atom stereocenters. The van der Waals surface area contributed by atoms with Crippen LogP contribution in [0.15, 0.2) is 48.5 Å². The molecule has 124 valence electrons. The van der Waals surface area contributed by atoms with Crippen LogP contribution in [0.25, 0.3) is 0 Å². The maximum absolute atomic E-state index is 12.6. The smallest absolute Gasteiger partial charge is 0.254 e. The van der Waals surface area contributed by atoms with Crippen LogP contribution in [0.1, 0.15) is 20.7 Å². The van der Waals surface area contributed by atoms with E-state index in [-0.39, 0.29) is 11.8 Å². The summed E-state index contributed by atoms with van der Waals surface area (Å²) in [5.74, 6) is 0.0738. The molecule has 1 fully saturated rings. The molecule has 6 heteroatoms. The van der Waals surface area contributed by atoms with Gasteiger partial charge in [0.2, 0.25) is 0 Å². The van der Waals surface area contributed by atoms with Crippen LogP contribution in [0.5, 0.6) is 0 Å². The highest BCUT2D eigenvalue weighted by Gasteiger charge is 2.25. The molecular formula is C18H16I2N2O2. The predicted molar refractivity (Wildman–Crippen MR) is 110 cm³/mol. The Morgan fingerprint density at radius 2 is 1.08 bits per heavy atom. The molecule has 4 nitrogen and oxygen atoms in total. The molecule has 2 aromatic rings. The minimum absolute atomic E-state index is 0.0369. The van der Waals surface area contributed by atoms with Crippen molar-refractivity contribution in [1.82, 2.24) is 9.80 Å². The summed E-state index contributed by atoms with van der Waals surface area (Å²) in [5.41, 5.74) is 1.42. The van der Waals surface area contributed by atoms with Gasteiger partial charge in [0, 0.05) is 44.4 Å². The highest BCUT2D eigenvalue weighted by molar-refractivity contribution is 14.1. The van der Waals surface area contributed by atoms with Crippen molar-refractivity contribution in [2.45, 2.75) is 0 Å². The number of rotatable bonds is 2. The molecule has 0 bridgehead atoms. The molecule has 3 rings (SSSR count). The van der Waals surface area contributed by atoms with Crippen LogP contribution in [0, 0.1) is 7.14 Å². The molecule has 0 aromatic heterocycles. The fraction of sp³-hybridized carbons (Fsp3) is 0.222. The molecule has 0 aliphatic carbocycles. The fourth-order valence-electron chi connectivity index (χ4n) is 2.72. The molecule has 1 aliphatic rings. The first-order valence-corrected chi connectivity index (χ1v) is 9.80. The van der Waals surface area contributed by atoms with Crippen molar-refractivity contribution in [1.29, 1.82) is 0 Å². The number of hydrogen-bond acceptors (Lipinski definition) is 2. The van der Waals surface area contributed by atoms with Crippen molar-refractivity contribution in [3.8, 4) is 0 Å². The van der Waals surface area contributed by atoms with E-state index in [0.717, 1.165) is 7.14 Å². The van der Waals surface area contributed by atoms with Crippen LogP contribution >= 0.6 is 45.2 Å². The lowest BCUT2D eigenvalue weighted by Gasteiger charge is -2.35. The minimum atomic E-state index is 0.0369. The van der Waals surface area contributed by atoms with E-state index in [0.29, 0.717) is 37.3 Å². The SMILES string of the molecule is O=C(c1cccc(I)c1)N1CCN(C(=O)c2cccc(I)c2)CC1. The first-order valence-electron chi connectivity index (χ1n) is 7.64. The Kier molecular flexibility index (Phi) is 5.75. The Hall–Kier alpha value is -1.16. The van der Waals surface area contributed by atoms with E-state index in [1.54, 1.807) is 0 Å². The molecule has 0 radical (unpaired) electrons. The van der Waals surface area contributed by atoms with Gasteiger partial charge in [0.15, 0.2) is 0 Å². The maximum Gasteiger partial charge on any atom is 0.254 e. The minimum Gasteiger partial charge on any atom is -0.335 e. The van der Waals surface area contributed by atoms with E-state index in [9.17, 15) is 9.59 Å². The second-order valence-corrected chi connectivity index (χ2v) is 8.10. The first-order chi connectivity index (χ1) is 11.5. The summed E-state index contributed by atoms with van der Waals surface area (Å²) < 4.78 is 2.09. The van der Waals surface area contributed by atoms with Crippen molar-refractivity contribution >= 4 is 57.0 Å². The van der Waals surface area contributed by atoms with Crippen molar-refractivity contribution in [2.24, 2.45) is 0 Å². The second kappa shape index (κ2) is 7.81. The van der Waals surface area contributed by atoms with Crippen molar-refractivity contribution in [3.63, 3.8) is 0 Å². The first kappa shape index (κ1) is 17.7. The van der Waals surface area contributed by atoms with Crippen LogP contribution in [0.4, 0.5) is 0 Å². The topological polar surface area (TPSA) is 40.6 Å². The second-order valence-electron chi connectivity index (χ2n) is 5.61. The van der Waals surface area contributed by atoms with E-state index in [2.05, 4.69) is 45.2 Å². The number of carbonyl (C=O) groups excluding carboxylic acids is 2. The molecule has 0 spiro atoms. The monoisotopic (exact) mass is 546 g/mol. The number of piperazine rings is 1. The molecule has 1 aliphatic heterocycles. The molecule has 1 saturated heterocycles. The van der Waals surface area contributed by atoms with Gasteiger partial charge >= 0.3 is 0 Å². The van der Waals surface area contributed by atoms with Gasteiger partial charge in [0.25, 0.3) is 11.8 Å². The van der Waals surface area contributed by atoms with Gasteiger partial charge in [-0.15, -0.1) is 0 Å². The number of carbonyl (C=O) groups is 2. The average molecular weight is 546 g/mol. The van der Waals surface area contributed by atoms with E-state index >= 15 is 0 Å². The van der Waals surface area contributed by atoms with Crippen LogP contribution < -0.4 is 0 Å². The van der Waals surface area contributed by atoms with E-state index < -0.39 is 0 Å². The van der Waals surface area contributed by atoms with Crippen LogP contribution in [0.2, 0.25) is 0 Å². The third-order valence-electron chi connectivity index (χ3n) is 4.00. The van der Waals surface area contributed by atoms with Crippen LogP contribution in [0.3, 0.4) is 0 Å². The Balaban J connectivity index is 1.63. The number of amides is 2. The summed E-state index contributed by atoms with van der Waals surface area (Å²) >= 11 is 4.41. The Morgan fingerprint density at radius 1 is 0.708 bits per heavy atom. The summed E-state index contributed by atoms with van der Waals surface area (Å²) in [4.78, 5) is 28.8. The molecule has 2 aromatic carbocycles. The Labute approximate surface area is 168 Å². The molecule has 0 unspecified atom stereocenters. The van der Waals surface area contributed by atoms with E-state index in [1.165, 1.54) is 0 Å². The largest absolute Gasteiger partial charge is 0.335 e. The summed E-state index contributed by atoms with van der Waals surface area (Å²) in [5, 5.41) is 0. The van der Waals surface area contributed by atoms with Crippen LogP contribution in [-0.2, 0) is 0 Å². The van der Waals surface area contributed by atoms with Gasteiger partial charge in [-0.2, -0.15) is 0 Å². The molecule has 1 heterocycles. The molecule has 0 saturated carbocycles. The average Bonchev–Trinajstić information content (AvgIpc) is 2.60. The van der Waals surface area contributed by atoms with Gasteiger partial charge in [-0.3, -0.25) is 9.59 Å². The number of nitrogens with zero attached hydrogens (tertiary/aromatic N) is 2. The zero-order valence-electron chi connectivity index (χ0n) is 12.9. The highest BCUT2D eigenvalue weighted by Crippen LogP contribution is 2.15. The lowest BCUT2D eigenvalue weighted by molar-refractivity contribution is 0.0535. The lowest BCUT2D eigenvalue weighted by atomic mass is 10.1. The van der Waals surface area contributed by atoms with Gasteiger partial charge in [-0.25, -0.2) is 0 Å². The molecular weight excluding hydrogens is 530 g/mol. The van der Waals surface area contributed by atoms with E-state index in [1.807, 2.05) is 58.3 Å². The zero-order valence-corrected chi connectivity index (χ0v) is 17.2. The fourth-order valence-corrected chi connectivity index (χ4v) is 3.81. The van der Waals surface area contributed by atoms with Gasteiger partial charge in [0.05, 0.1) is 0 Å². The quantitative estimate of drug-likeness (QED) is 0.542. The van der Waals surface area contributed by atoms with Gasteiger partial charge in [-0.1, -0.05) is 12.1 Å². The van der Waals surface area contributed by atoms with Crippen molar-refractivity contribution in [3.05, 3.63) is 66.8 Å². The molecule has 2 amide bonds. The normalized spacial score (nSPS) is 14.6. The summed E-state index contributed by atoms with van der Waals surface area (Å²) in [6, 6.07) is 15.2. The molecule has 0 N–H and O–H groups in total. The lowest BCUT2D eigenvalue weighted by Crippen LogP contribution is -2.50. The standard InChI is InChI=1S/C18H16I2N2O2/c19-15-5-1-3-13(11-15)17(23)21-7-9-22(10-8-21)18(24)14-4-2-6-16(20)12-14/h1-6,11-12H,7-10H2. The highest BCUT2D eigenvalue weighted by atomic mass is 127. The maximum atomic E-state index is 12.6. The molecule has 24 heavy (non-hydrogen) atoms. The van der Waals surface area contributed by atoms with Gasteiger partial charge < -0.3 is 9.80 Å². The van der Waals surface area contributed by atoms with Crippen LogP contribution in [-0.4, -0.2) is 47.8 Å². The third kappa shape index (κ3) is 4.08. The number of benzene rings is 2. The van der Waals surface area contributed by atoms with Crippen molar-refractivity contribution in [2.75, 3.05) is 26.2 Å². The Bertz CT molecular complexity index is 706.